The molecule has 0 saturated heterocycles. The van der Waals surface area contributed by atoms with Crippen molar-refractivity contribution in [2.24, 2.45) is 5.92 Å². The largest absolute Gasteiger partial charge is 0.379 e. The summed E-state index contributed by atoms with van der Waals surface area (Å²) in [5, 5.41) is 14.7. The predicted molar refractivity (Wildman–Crippen MR) is 87.1 cm³/mol. The minimum atomic E-state index is -0.247. The molecule has 0 heterocycles. The molecule has 0 bridgehead atoms. The zero-order valence-corrected chi connectivity index (χ0v) is 13.0. The summed E-state index contributed by atoms with van der Waals surface area (Å²) in [4.78, 5) is 13.5. The zero-order chi connectivity index (χ0) is 15.2. The van der Waals surface area contributed by atoms with Crippen LogP contribution in [-0.2, 0) is 0 Å². The normalized spacial score (nSPS) is 14.0. The van der Waals surface area contributed by atoms with Crippen LogP contribution in [0, 0.1) is 16.0 Å². The number of para-hydroxylation sites is 1. The van der Waals surface area contributed by atoms with E-state index in [-0.39, 0.29) is 10.6 Å². The third-order valence-corrected chi connectivity index (χ3v) is 3.77. The number of hydrogen-bond donors (Lipinski definition) is 1. The second-order valence-electron chi connectivity index (χ2n) is 5.75. The highest BCUT2D eigenvalue weighted by Crippen LogP contribution is 2.38. The van der Waals surface area contributed by atoms with Gasteiger partial charge < -0.3 is 10.2 Å². The molecule has 1 fully saturated rings. The molecule has 0 radical (unpaired) electrons. The van der Waals surface area contributed by atoms with Crippen LogP contribution in [0.5, 0.6) is 0 Å². The standard InChI is InChI=1S/C16H25N3O2/c1-3-10-17-14-6-5-7-15(16(14)19(20)21)18(11-4-2)12-13-8-9-13/h5-7,13,17H,3-4,8-12H2,1-2H3. The Balaban J connectivity index is 2.31. The molecule has 0 amide bonds. The van der Waals surface area contributed by atoms with Gasteiger partial charge >= 0.3 is 5.69 Å². The van der Waals surface area contributed by atoms with Crippen molar-refractivity contribution in [3.63, 3.8) is 0 Å². The summed E-state index contributed by atoms with van der Waals surface area (Å²) >= 11 is 0. The van der Waals surface area contributed by atoms with Crippen LogP contribution in [-0.4, -0.2) is 24.6 Å². The number of rotatable bonds is 9. The van der Waals surface area contributed by atoms with Crippen LogP contribution in [0.4, 0.5) is 17.1 Å². The van der Waals surface area contributed by atoms with Gasteiger partial charge in [-0.05, 0) is 43.7 Å². The zero-order valence-electron chi connectivity index (χ0n) is 13.0. The summed E-state index contributed by atoms with van der Waals surface area (Å²) in [6, 6.07) is 5.60. The Labute approximate surface area is 126 Å². The Morgan fingerprint density at radius 3 is 2.67 bits per heavy atom. The molecule has 1 saturated carbocycles. The van der Waals surface area contributed by atoms with E-state index in [9.17, 15) is 10.1 Å². The molecule has 1 N–H and O–H groups in total. The molecule has 1 aliphatic carbocycles. The number of nitrogens with one attached hydrogen (secondary N) is 1. The molecule has 0 spiro atoms. The van der Waals surface area contributed by atoms with Gasteiger partial charge in [0.05, 0.1) is 4.92 Å². The molecular weight excluding hydrogens is 266 g/mol. The van der Waals surface area contributed by atoms with E-state index in [4.69, 9.17) is 0 Å². The topological polar surface area (TPSA) is 58.4 Å². The lowest BCUT2D eigenvalue weighted by Crippen LogP contribution is -2.27. The Morgan fingerprint density at radius 2 is 2.10 bits per heavy atom. The quantitative estimate of drug-likeness (QED) is 0.551. The van der Waals surface area contributed by atoms with Crippen LogP contribution in [0.15, 0.2) is 18.2 Å². The molecule has 0 unspecified atom stereocenters. The van der Waals surface area contributed by atoms with Gasteiger partial charge in [0.15, 0.2) is 0 Å². The van der Waals surface area contributed by atoms with E-state index in [0.717, 1.165) is 38.2 Å². The maximum absolute atomic E-state index is 11.6. The average molecular weight is 291 g/mol. The third-order valence-electron chi connectivity index (χ3n) is 3.77. The molecule has 1 aromatic rings. The van der Waals surface area contributed by atoms with Crippen molar-refractivity contribution in [1.29, 1.82) is 0 Å². The van der Waals surface area contributed by atoms with E-state index < -0.39 is 0 Å². The SMILES string of the molecule is CCCNc1cccc(N(CCC)CC2CC2)c1[N+](=O)[O-]. The number of anilines is 2. The molecule has 2 rings (SSSR count). The van der Waals surface area contributed by atoms with Gasteiger partial charge in [-0.2, -0.15) is 0 Å². The maximum Gasteiger partial charge on any atom is 0.315 e. The summed E-state index contributed by atoms with van der Waals surface area (Å²) in [5.41, 5.74) is 1.62. The first-order valence-corrected chi connectivity index (χ1v) is 7.93. The Kier molecular flexibility index (Phi) is 5.42. The summed E-state index contributed by atoms with van der Waals surface area (Å²) in [7, 11) is 0. The lowest BCUT2D eigenvalue weighted by molar-refractivity contribution is -0.383. The number of nitrogens with zero attached hydrogens (tertiary/aromatic N) is 2. The molecule has 1 aliphatic rings. The van der Waals surface area contributed by atoms with Gasteiger partial charge in [0, 0.05) is 19.6 Å². The van der Waals surface area contributed by atoms with Gasteiger partial charge in [-0.15, -0.1) is 0 Å². The van der Waals surface area contributed by atoms with Gasteiger partial charge in [-0.3, -0.25) is 10.1 Å². The van der Waals surface area contributed by atoms with E-state index in [1.165, 1.54) is 12.8 Å². The van der Waals surface area contributed by atoms with Crippen LogP contribution in [0.1, 0.15) is 39.5 Å². The third kappa shape index (κ3) is 4.09. The molecule has 0 aliphatic heterocycles. The number of nitro groups is 1. The lowest BCUT2D eigenvalue weighted by atomic mass is 10.2. The van der Waals surface area contributed by atoms with Crippen LogP contribution in [0.25, 0.3) is 0 Å². The Morgan fingerprint density at radius 1 is 1.33 bits per heavy atom. The second-order valence-corrected chi connectivity index (χ2v) is 5.75. The van der Waals surface area contributed by atoms with Crippen molar-refractivity contribution in [3.05, 3.63) is 28.3 Å². The maximum atomic E-state index is 11.6. The Bertz CT molecular complexity index is 486. The molecule has 5 heteroatoms. The molecule has 1 aromatic carbocycles. The first kappa shape index (κ1) is 15.6. The second kappa shape index (κ2) is 7.29. The van der Waals surface area contributed by atoms with Gasteiger partial charge in [-0.25, -0.2) is 0 Å². The molecule has 0 aromatic heterocycles. The van der Waals surface area contributed by atoms with Gasteiger partial charge in [-0.1, -0.05) is 19.9 Å². The molecular formula is C16H25N3O2. The van der Waals surface area contributed by atoms with Gasteiger partial charge in [0.1, 0.15) is 11.4 Å². The van der Waals surface area contributed by atoms with Crippen molar-refractivity contribution < 1.29 is 4.92 Å². The predicted octanol–water partition coefficient (Wildman–Crippen LogP) is 4.04. The first-order valence-electron chi connectivity index (χ1n) is 7.93. The summed E-state index contributed by atoms with van der Waals surface area (Å²) in [6.45, 7) is 6.73. The molecule has 116 valence electrons. The van der Waals surface area contributed by atoms with Crippen molar-refractivity contribution in [2.75, 3.05) is 29.9 Å². The van der Waals surface area contributed by atoms with Crippen LogP contribution >= 0.6 is 0 Å². The lowest BCUT2D eigenvalue weighted by Gasteiger charge is -2.24. The van der Waals surface area contributed by atoms with Crippen LogP contribution < -0.4 is 10.2 Å². The highest BCUT2D eigenvalue weighted by Gasteiger charge is 2.28. The van der Waals surface area contributed by atoms with E-state index in [2.05, 4.69) is 24.1 Å². The van der Waals surface area contributed by atoms with Crippen molar-refractivity contribution in [2.45, 2.75) is 39.5 Å². The highest BCUT2D eigenvalue weighted by atomic mass is 16.6. The molecule has 0 atom stereocenters. The fourth-order valence-electron chi connectivity index (χ4n) is 2.57. The number of benzene rings is 1. The summed E-state index contributed by atoms with van der Waals surface area (Å²) in [5.74, 6) is 0.711. The van der Waals surface area contributed by atoms with E-state index in [1.54, 1.807) is 6.07 Å². The number of hydrogen-bond acceptors (Lipinski definition) is 4. The first-order chi connectivity index (χ1) is 10.2. The number of nitro benzene ring substituents is 1. The summed E-state index contributed by atoms with van der Waals surface area (Å²) in [6.07, 6.45) is 4.45. The monoisotopic (exact) mass is 291 g/mol. The van der Waals surface area contributed by atoms with Gasteiger partial charge in [0.2, 0.25) is 0 Å². The van der Waals surface area contributed by atoms with Crippen LogP contribution in [0.3, 0.4) is 0 Å². The van der Waals surface area contributed by atoms with Crippen molar-refractivity contribution >= 4 is 17.1 Å². The van der Waals surface area contributed by atoms with E-state index in [1.807, 2.05) is 12.1 Å². The fraction of sp³-hybridized carbons (Fsp3) is 0.625. The van der Waals surface area contributed by atoms with Crippen LogP contribution in [0.2, 0.25) is 0 Å². The minimum Gasteiger partial charge on any atom is -0.379 e. The van der Waals surface area contributed by atoms with Crippen molar-refractivity contribution in [3.8, 4) is 0 Å². The van der Waals surface area contributed by atoms with Gasteiger partial charge in [0.25, 0.3) is 0 Å². The smallest absolute Gasteiger partial charge is 0.315 e. The average Bonchev–Trinajstić information content (AvgIpc) is 3.28. The Hall–Kier alpha value is -1.78. The minimum absolute atomic E-state index is 0.222. The van der Waals surface area contributed by atoms with E-state index in [0.29, 0.717) is 11.6 Å². The van der Waals surface area contributed by atoms with Crippen molar-refractivity contribution in [1.82, 2.24) is 0 Å². The summed E-state index contributed by atoms with van der Waals surface area (Å²) < 4.78 is 0. The fourth-order valence-corrected chi connectivity index (χ4v) is 2.57. The molecule has 21 heavy (non-hydrogen) atoms. The van der Waals surface area contributed by atoms with E-state index >= 15 is 0 Å². The highest BCUT2D eigenvalue weighted by molar-refractivity contribution is 5.77. The molecule has 5 nitrogen and oxygen atoms in total.